The molecule has 1 aromatic heterocycles. The Morgan fingerprint density at radius 3 is 1.96 bits per heavy atom. The number of benzene rings is 2. The van der Waals surface area contributed by atoms with E-state index in [1.165, 1.54) is 17.1 Å². The molecule has 2 aromatic carbocycles. The Morgan fingerprint density at radius 1 is 0.826 bits per heavy atom. The van der Waals surface area contributed by atoms with Crippen LogP contribution in [0.1, 0.15) is 33.3 Å². The normalized spacial score (nSPS) is 9.26. The maximum Gasteiger partial charge on any atom is 0.319 e. The van der Waals surface area contributed by atoms with Gasteiger partial charge in [0.1, 0.15) is 4.88 Å². The highest BCUT2D eigenvalue weighted by Gasteiger charge is 2.22. The average molecular weight is 329 g/mol. The number of nitrogens with zero attached hydrogens (tertiary/aromatic N) is 1. The Hall–Kier alpha value is -2.20. The summed E-state index contributed by atoms with van der Waals surface area (Å²) in [6.45, 7) is 10.0. The zero-order valence-electron chi connectivity index (χ0n) is 14.5. The third kappa shape index (κ3) is 4.63. The summed E-state index contributed by atoms with van der Waals surface area (Å²) in [5.74, 6) is 0. The highest BCUT2D eigenvalue weighted by molar-refractivity contribution is 7.09. The van der Waals surface area contributed by atoms with Crippen LogP contribution < -0.4 is 4.54 Å². The molecule has 0 radical (unpaired) electrons. The van der Waals surface area contributed by atoms with E-state index >= 15 is 0 Å². The molecule has 0 aliphatic rings. The number of H-pyrrole nitrogens is 1. The van der Waals surface area contributed by atoms with Gasteiger partial charge in [-0.3, -0.25) is 0 Å². The lowest BCUT2D eigenvalue weighted by Crippen LogP contribution is -2.16. The molecule has 0 aliphatic carbocycles. The van der Waals surface area contributed by atoms with Gasteiger partial charge in [-0.25, -0.2) is 0 Å². The third-order valence-corrected chi connectivity index (χ3v) is 3.90. The predicted octanol–water partition coefficient (Wildman–Crippen LogP) is 5.69. The molecule has 0 saturated heterocycles. The zero-order chi connectivity index (χ0) is 17.2. The molecule has 0 fully saturated rings. The van der Waals surface area contributed by atoms with Crippen molar-refractivity contribution in [1.82, 2.24) is 4.49 Å². The van der Waals surface area contributed by atoms with Crippen molar-refractivity contribution < 1.29 is 4.54 Å². The fourth-order valence-electron chi connectivity index (χ4n) is 2.02. The number of hydrogen-bond acceptors (Lipinski definition) is 2. The molecule has 0 bridgehead atoms. The second-order valence-electron chi connectivity index (χ2n) is 4.40. The standard InChI is InChI=1S/C15H13N2OS.2C2H6/c1-11-7-9-12(10-8-11)14-15(19-16-17(14)18)13-5-3-2-4-6-13;2*1-2/h2-10H,1H3,(H,16,18);2*1-2H3/q+1;;. The molecular weight excluding hydrogens is 304 g/mol. The van der Waals surface area contributed by atoms with Gasteiger partial charge in [0.15, 0.2) is 4.54 Å². The van der Waals surface area contributed by atoms with Crippen LogP contribution in [0.5, 0.6) is 0 Å². The largest absolute Gasteiger partial charge is 0.319 e. The molecule has 3 rings (SSSR count). The van der Waals surface area contributed by atoms with Crippen molar-refractivity contribution >= 4 is 11.5 Å². The van der Waals surface area contributed by atoms with Crippen molar-refractivity contribution in [3.05, 3.63) is 65.1 Å². The van der Waals surface area contributed by atoms with E-state index in [2.05, 4.69) is 4.49 Å². The van der Waals surface area contributed by atoms with Crippen molar-refractivity contribution in [3.8, 4) is 21.7 Å². The van der Waals surface area contributed by atoms with Crippen LogP contribution in [0, 0.1) is 11.8 Å². The van der Waals surface area contributed by atoms with Crippen LogP contribution in [-0.4, -0.2) is 4.49 Å². The van der Waals surface area contributed by atoms with E-state index in [1.807, 2.05) is 89.2 Å². The van der Waals surface area contributed by atoms with Crippen LogP contribution in [0.15, 0.2) is 54.6 Å². The summed E-state index contributed by atoms with van der Waals surface area (Å²) < 4.78 is 3.58. The van der Waals surface area contributed by atoms with Crippen molar-refractivity contribution in [2.45, 2.75) is 34.6 Å². The number of aryl methyl sites for hydroxylation is 1. The van der Waals surface area contributed by atoms with Crippen molar-refractivity contribution in [1.29, 1.82) is 0 Å². The number of aromatic amines is 1. The van der Waals surface area contributed by atoms with Gasteiger partial charge in [0, 0.05) is 17.1 Å². The van der Waals surface area contributed by atoms with Gasteiger partial charge >= 0.3 is 5.69 Å². The van der Waals surface area contributed by atoms with Crippen LogP contribution in [-0.2, 0) is 0 Å². The molecule has 0 amide bonds. The third-order valence-electron chi connectivity index (χ3n) is 3.01. The van der Waals surface area contributed by atoms with E-state index in [0.29, 0.717) is 5.69 Å². The Balaban J connectivity index is 0.000000615. The highest BCUT2D eigenvalue weighted by atomic mass is 32.1. The molecule has 4 heteroatoms. The van der Waals surface area contributed by atoms with Gasteiger partial charge in [-0.1, -0.05) is 80.2 Å². The highest BCUT2D eigenvalue weighted by Crippen LogP contribution is 2.31. The minimum atomic E-state index is 0.677. The van der Waals surface area contributed by atoms with E-state index in [-0.39, 0.29) is 0 Å². The molecule has 122 valence electrons. The molecule has 0 unspecified atom stereocenters. The molecule has 0 atom stereocenters. The first-order valence-electron chi connectivity index (χ1n) is 8.02. The maximum atomic E-state index is 12.0. The van der Waals surface area contributed by atoms with Crippen molar-refractivity contribution in [2.75, 3.05) is 0 Å². The Kier molecular flexibility index (Phi) is 7.98. The van der Waals surface area contributed by atoms with Gasteiger partial charge in [0.25, 0.3) is 0 Å². The summed E-state index contributed by atoms with van der Waals surface area (Å²) in [4.78, 5) is 12.9. The molecule has 1 N–H and O–H groups in total. The first-order chi connectivity index (χ1) is 11.3. The van der Waals surface area contributed by atoms with Gasteiger partial charge in [0.05, 0.1) is 10.5 Å². The first kappa shape index (κ1) is 18.8. The van der Waals surface area contributed by atoms with Crippen LogP contribution in [0.25, 0.3) is 21.7 Å². The van der Waals surface area contributed by atoms with Crippen molar-refractivity contribution in [3.63, 3.8) is 0 Å². The quantitative estimate of drug-likeness (QED) is 0.603. The van der Waals surface area contributed by atoms with Gasteiger partial charge in [-0.2, -0.15) is 0 Å². The van der Waals surface area contributed by atoms with Crippen LogP contribution in [0.3, 0.4) is 0 Å². The smallest absolute Gasteiger partial charge is 0.0683 e. The Labute approximate surface area is 142 Å². The average Bonchev–Trinajstić information content (AvgIpc) is 3.02. The summed E-state index contributed by atoms with van der Waals surface area (Å²) in [5.41, 5.74) is 3.84. The van der Waals surface area contributed by atoms with Crippen LogP contribution in [0.2, 0.25) is 0 Å². The molecule has 1 heterocycles. The monoisotopic (exact) mass is 329 g/mol. The molecule has 3 nitrogen and oxygen atoms in total. The maximum absolute atomic E-state index is 12.0. The van der Waals surface area contributed by atoms with E-state index in [4.69, 9.17) is 0 Å². The number of aromatic nitrogens is 2. The number of rotatable bonds is 2. The summed E-state index contributed by atoms with van der Waals surface area (Å²) in [6, 6.07) is 17.9. The van der Waals surface area contributed by atoms with E-state index in [0.717, 1.165) is 20.5 Å². The summed E-state index contributed by atoms with van der Waals surface area (Å²) in [7, 11) is 0. The fourth-order valence-corrected chi connectivity index (χ4v) is 2.84. The van der Waals surface area contributed by atoms with E-state index in [1.54, 1.807) is 0 Å². The molecule has 0 aliphatic heterocycles. The van der Waals surface area contributed by atoms with Crippen LogP contribution >= 0.6 is 11.5 Å². The van der Waals surface area contributed by atoms with E-state index < -0.39 is 0 Å². The predicted molar refractivity (Wildman–Crippen MR) is 100 cm³/mol. The fraction of sp³-hybridized carbons (Fsp3) is 0.263. The number of hydrogen-bond donors (Lipinski definition) is 1. The summed E-state index contributed by atoms with van der Waals surface area (Å²) in [6.07, 6.45) is 0. The second-order valence-corrected chi connectivity index (χ2v) is 5.19. The van der Waals surface area contributed by atoms with Gasteiger partial charge in [-0.15, -0.1) is 0 Å². The molecule has 0 saturated carbocycles. The Bertz CT molecular complexity index is 743. The lowest BCUT2D eigenvalue weighted by Gasteiger charge is -1.97. The molecular formula is C19H25N2OS+. The van der Waals surface area contributed by atoms with Crippen molar-refractivity contribution in [2.24, 2.45) is 0 Å². The summed E-state index contributed by atoms with van der Waals surface area (Å²) >= 11 is 1.35. The molecule has 23 heavy (non-hydrogen) atoms. The second kappa shape index (κ2) is 9.74. The molecule has 0 spiro atoms. The van der Waals surface area contributed by atoms with Gasteiger partial charge < -0.3 is 0 Å². The topological polar surface area (TPSA) is 38.8 Å². The first-order valence-corrected chi connectivity index (χ1v) is 8.84. The zero-order valence-corrected chi connectivity index (χ0v) is 15.3. The minimum absolute atomic E-state index is 0.677. The minimum Gasteiger partial charge on any atom is -0.0683 e. The van der Waals surface area contributed by atoms with Gasteiger partial charge in [0.2, 0.25) is 0 Å². The number of nitrogens with one attached hydrogen (secondary N) is 1. The van der Waals surface area contributed by atoms with E-state index in [9.17, 15) is 4.91 Å². The molecule has 3 aromatic rings. The van der Waals surface area contributed by atoms with Gasteiger partial charge in [-0.05, 0) is 19.1 Å². The SMILES string of the molecule is CC.CC.Cc1ccc(-c2c(-c3ccccc3)s[nH][n+]2=O)cc1. The summed E-state index contributed by atoms with van der Waals surface area (Å²) in [5, 5.41) is 0. The van der Waals surface area contributed by atoms with Crippen LogP contribution in [0.4, 0.5) is 0 Å². The Morgan fingerprint density at radius 2 is 1.39 bits per heavy atom. The lowest BCUT2D eigenvalue weighted by molar-refractivity contribution is -0.542. The lowest BCUT2D eigenvalue weighted by atomic mass is 10.1.